The fourth-order valence-corrected chi connectivity index (χ4v) is 5.10. The first-order valence-electron chi connectivity index (χ1n) is 13.0. The van der Waals surface area contributed by atoms with Crippen LogP contribution in [0.1, 0.15) is 49.2 Å². The number of pyridine rings is 1. The number of hydrogen-bond donors (Lipinski definition) is 1. The molecular formula is C28H34N6O4. The molecule has 0 radical (unpaired) electrons. The number of nitrogens with one attached hydrogen (secondary N) is 1. The van der Waals surface area contributed by atoms with Gasteiger partial charge in [0.15, 0.2) is 5.82 Å². The normalized spacial score (nSPS) is 16.3. The Bertz CT molecular complexity index is 1410. The summed E-state index contributed by atoms with van der Waals surface area (Å²) in [6.45, 7) is 4.55. The molecule has 2 aromatic heterocycles. The van der Waals surface area contributed by atoms with E-state index in [4.69, 9.17) is 14.2 Å². The summed E-state index contributed by atoms with van der Waals surface area (Å²) in [5, 5.41) is 13.7. The third kappa shape index (κ3) is 5.71. The Balaban J connectivity index is 1.49. The van der Waals surface area contributed by atoms with Crippen molar-refractivity contribution in [3.63, 3.8) is 0 Å². The molecule has 200 valence electrons. The number of benzene rings is 2. The van der Waals surface area contributed by atoms with Crippen molar-refractivity contribution in [3.8, 4) is 11.5 Å². The third-order valence-electron chi connectivity index (χ3n) is 7.13. The highest BCUT2D eigenvalue weighted by Crippen LogP contribution is 2.28. The van der Waals surface area contributed by atoms with E-state index in [0.717, 1.165) is 53.9 Å². The van der Waals surface area contributed by atoms with E-state index in [-0.39, 0.29) is 17.7 Å². The van der Waals surface area contributed by atoms with Gasteiger partial charge in [-0.1, -0.05) is 19.1 Å². The van der Waals surface area contributed by atoms with Crippen molar-refractivity contribution in [3.05, 3.63) is 75.8 Å². The number of methoxy groups -OCH3 is 2. The van der Waals surface area contributed by atoms with Crippen molar-refractivity contribution in [1.82, 2.24) is 30.1 Å². The van der Waals surface area contributed by atoms with Gasteiger partial charge in [0.25, 0.3) is 5.56 Å². The summed E-state index contributed by atoms with van der Waals surface area (Å²) in [7, 11) is 3.27. The lowest BCUT2D eigenvalue weighted by molar-refractivity contribution is 0.0888. The molecule has 0 amide bonds. The minimum absolute atomic E-state index is 0.112. The van der Waals surface area contributed by atoms with Gasteiger partial charge in [0.2, 0.25) is 0 Å². The second kappa shape index (κ2) is 11.7. The molecule has 4 aromatic rings. The maximum absolute atomic E-state index is 13.2. The summed E-state index contributed by atoms with van der Waals surface area (Å²) >= 11 is 0. The van der Waals surface area contributed by atoms with Crippen molar-refractivity contribution in [2.75, 3.05) is 20.8 Å². The molecule has 38 heavy (non-hydrogen) atoms. The number of hydrogen-bond acceptors (Lipinski definition) is 8. The molecule has 2 atom stereocenters. The van der Waals surface area contributed by atoms with E-state index in [1.54, 1.807) is 14.2 Å². The van der Waals surface area contributed by atoms with Crippen LogP contribution in [0.3, 0.4) is 0 Å². The van der Waals surface area contributed by atoms with Crippen LogP contribution in [0.15, 0.2) is 53.3 Å². The average molecular weight is 519 g/mol. The number of aromatic amines is 1. The van der Waals surface area contributed by atoms with E-state index < -0.39 is 0 Å². The van der Waals surface area contributed by atoms with Gasteiger partial charge in [0, 0.05) is 31.3 Å². The predicted octanol–water partition coefficient (Wildman–Crippen LogP) is 3.86. The smallest absolute Gasteiger partial charge is 0.252 e. The van der Waals surface area contributed by atoms with Gasteiger partial charge in [-0.2, -0.15) is 0 Å². The Hall–Kier alpha value is -3.76. The summed E-state index contributed by atoms with van der Waals surface area (Å²) in [6.07, 6.45) is 2.94. The lowest BCUT2D eigenvalue weighted by Gasteiger charge is -2.30. The Labute approximate surface area is 221 Å². The molecule has 0 unspecified atom stereocenters. The van der Waals surface area contributed by atoms with E-state index in [1.165, 1.54) is 0 Å². The van der Waals surface area contributed by atoms with Crippen LogP contribution in [0.2, 0.25) is 0 Å². The van der Waals surface area contributed by atoms with Gasteiger partial charge in [0.05, 0.1) is 38.4 Å². The van der Waals surface area contributed by atoms with Gasteiger partial charge < -0.3 is 19.2 Å². The number of nitrogens with zero attached hydrogens (tertiary/aromatic N) is 5. The molecule has 2 aromatic carbocycles. The number of tetrazole rings is 1. The molecule has 1 aliphatic rings. The molecule has 1 fully saturated rings. The molecule has 0 bridgehead atoms. The van der Waals surface area contributed by atoms with Crippen molar-refractivity contribution in [2.24, 2.45) is 0 Å². The highest BCUT2D eigenvalue weighted by molar-refractivity contribution is 5.80. The first kappa shape index (κ1) is 25.9. The van der Waals surface area contributed by atoms with Gasteiger partial charge in [-0.3, -0.25) is 9.69 Å². The lowest BCUT2D eigenvalue weighted by Crippen LogP contribution is -2.33. The monoisotopic (exact) mass is 518 g/mol. The molecule has 0 aliphatic carbocycles. The van der Waals surface area contributed by atoms with Gasteiger partial charge in [-0.15, -0.1) is 5.10 Å². The van der Waals surface area contributed by atoms with Crippen molar-refractivity contribution in [1.29, 1.82) is 0 Å². The summed E-state index contributed by atoms with van der Waals surface area (Å²) in [5.74, 6) is 2.28. The molecule has 10 heteroatoms. The van der Waals surface area contributed by atoms with Crippen LogP contribution >= 0.6 is 0 Å². The van der Waals surface area contributed by atoms with E-state index in [1.807, 2.05) is 53.2 Å². The second-order valence-corrected chi connectivity index (χ2v) is 9.61. The van der Waals surface area contributed by atoms with Crippen LogP contribution in [0.25, 0.3) is 10.9 Å². The minimum Gasteiger partial charge on any atom is -0.497 e. The predicted molar refractivity (Wildman–Crippen MR) is 143 cm³/mol. The number of fused-ring (bicyclic) bond motifs is 1. The van der Waals surface area contributed by atoms with Gasteiger partial charge in [-0.25, -0.2) is 4.68 Å². The largest absolute Gasteiger partial charge is 0.497 e. The quantitative estimate of drug-likeness (QED) is 0.319. The van der Waals surface area contributed by atoms with Crippen molar-refractivity contribution >= 4 is 10.9 Å². The minimum atomic E-state index is -0.126. The summed E-state index contributed by atoms with van der Waals surface area (Å²) in [4.78, 5) is 18.5. The topological polar surface area (TPSA) is 107 Å². The summed E-state index contributed by atoms with van der Waals surface area (Å²) < 4.78 is 18.4. The third-order valence-corrected chi connectivity index (χ3v) is 7.13. The first-order chi connectivity index (χ1) is 18.6. The molecule has 1 saturated heterocycles. The molecule has 10 nitrogen and oxygen atoms in total. The van der Waals surface area contributed by atoms with Crippen LogP contribution in [0.4, 0.5) is 0 Å². The Morgan fingerprint density at radius 2 is 1.89 bits per heavy atom. The average Bonchev–Trinajstić information content (AvgIpc) is 3.62. The highest BCUT2D eigenvalue weighted by atomic mass is 16.5. The fraction of sp³-hybridized carbons (Fsp3) is 0.429. The van der Waals surface area contributed by atoms with Crippen LogP contribution in [-0.4, -0.2) is 57.0 Å². The van der Waals surface area contributed by atoms with Crippen LogP contribution < -0.4 is 15.0 Å². The molecule has 3 heterocycles. The zero-order valence-corrected chi connectivity index (χ0v) is 22.1. The fourth-order valence-electron chi connectivity index (χ4n) is 5.10. The zero-order chi connectivity index (χ0) is 26.5. The molecule has 1 N–H and O–H groups in total. The zero-order valence-electron chi connectivity index (χ0n) is 22.1. The van der Waals surface area contributed by atoms with Crippen LogP contribution in [0, 0.1) is 0 Å². The standard InChI is InChI=1S/C28H34N6O4/c1-4-26(27-30-31-32-34(27)18-24-6-5-13-38-24)33(16-19-7-10-22(36-2)11-8-19)17-21-14-20-9-12-23(37-3)15-25(20)29-28(21)35/h7-12,14-15,24,26H,4-6,13,16-18H2,1-3H3,(H,29,35)/t24-,26+/m0/s1. The molecule has 0 saturated carbocycles. The second-order valence-electron chi connectivity index (χ2n) is 9.61. The van der Waals surface area contributed by atoms with Crippen LogP contribution in [-0.2, 0) is 24.4 Å². The molecular weight excluding hydrogens is 484 g/mol. The van der Waals surface area contributed by atoms with E-state index >= 15 is 0 Å². The van der Waals surface area contributed by atoms with Crippen LogP contribution in [0.5, 0.6) is 11.5 Å². The molecule has 0 spiro atoms. The number of H-pyrrole nitrogens is 1. The first-order valence-corrected chi connectivity index (χ1v) is 13.0. The van der Waals surface area contributed by atoms with Gasteiger partial charge in [0.1, 0.15) is 11.5 Å². The van der Waals surface area contributed by atoms with E-state index in [0.29, 0.717) is 30.9 Å². The number of ether oxygens (including phenoxy) is 3. The Morgan fingerprint density at radius 1 is 1.11 bits per heavy atom. The lowest BCUT2D eigenvalue weighted by atomic mass is 10.1. The Kier molecular flexibility index (Phi) is 8.00. The number of rotatable bonds is 11. The number of aromatic nitrogens is 5. The Morgan fingerprint density at radius 3 is 2.61 bits per heavy atom. The van der Waals surface area contributed by atoms with Crippen molar-refractivity contribution in [2.45, 2.75) is 58.0 Å². The maximum Gasteiger partial charge on any atom is 0.252 e. The molecule has 5 rings (SSSR count). The molecule has 1 aliphatic heterocycles. The summed E-state index contributed by atoms with van der Waals surface area (Å²) in [5.41, 5.74) is 2.39. The summed E-state index contributed by atoms with van der Waals surface area (Å²) in [6, 6.07) is 15.5. The van der Waals surface area contributed by atoms with E-state index in [9.17, 15) is 4.79 Å². The van der Waals surface area contributed by atoms with Gasteiger partial charge in [-0.05, 0) is 71.0 Å². The maximum atomic E-state index is 13.2. The van der Waals surface area contributed by atoms with E-state index in [2.05, 4.69) is 32.3 Å². The van der Waals surface area contributed by atoms with Crippen molar-refractivity contribution < 1.29 is 14.2 Å². The highest BCUT2D eigenvalue weighted by Gasteiger charge is 2.28. The SMILES string of the molecule is CC[C@H](c1nnnn1C[C@@H]1CCCO1)N(Cc1ccc(OC)cc1)Cc1cc2ccc(OC)cc2[nH]c1=O. The van der Waals surface area contributed by atoms with Gasteiger partial charge >= 0.3 is 0 Å².